The first-order chi connectivity index (χ1) is 9.61. The van der Waals surface area contributed by atoms with Crippen molar-refractivity contribution in [1.82, 2.24) is 4.98 Å². The summed E-state index contributed by atoms with van der Waals surface area (Å²) in [5, 5.41) is 9.00. The van der Waals surface area contributed by atoms with E-state index in [1.54, 1.807) is 12.1 Å². The van der Waals surface area contributed by atoms with Crippen molar-refractivity contribution in [2.24, 2.45) is 0 Å². The van der Waals surface area contributed by atoms with Crippen molar-refractivity contribution >= 4 is 5.97 Å². The van der Waals surface area contributed by atoms with Gasteiger partial charge in [-0.05, 0) is 17.7 Å². The van der Waals surface area contributed by atoms with Gasteiger partial charge in [-0.2, -0.15) is 0 Å². The number of benzene rings is 1. The molecule has 0 aliphatic rings. The summed E-state index contributed by atoms with van der Waals surface area (Å²) in [6, 6.07) is 7.33. The van der Waals surface area contributed by atoms with Crippen LogP contribution in [0.3, 0.4) is 0 Å². The highest BCUT2D eigenvalue weighted by Crippen LogP contribution is 2.30. The Morgan fingerprint density at radius 2 is 2.00 bits per heavy atom. The number of pyridine rings is 1. The first-order valence-corrected chi connectivity index (χ1v) is 5.75. The minimum atomic E-state index is -1.20. The molecule has 0 unspecified atom stereocenters. The fourth-order valence-electron chi connectivity index (χ4n) is 1.64. The van der Waals surface area contributed by atoms with E-state index in [2.05, 4.69) is 4.98 Å². The van der Waals surface area contributed by atoms with Crippen LogP contribution in [-0.2, 0) is 6.61 Å². The fourth-order valence-corrected chi connectivity index (χ4v) is 1.64. The molecule has 6 heteroatoms. The Labute approximate surface area is 114 Å². The van der Waals surface area contributed by atoms with Crippen LogP contribution < -0.4 is 9.47 Å². The van der Waals surface area contributed by atoms with E-state index in [1.165, 1.54) is 31.5 Å². The minimum Gasteiger partial charge on any atom is -0.491 e. The highest BCUT2D eigenvalue weighted by Gasteiger charge is 2.17. The van der Waals surface area contributed by atoms with Crippen molar-refractivity contribution in [3.05, 3.63) is 53.6 Å². The maximum Gasteiger partial charge on any atom is 0.358 e. The summed E-state index contributed by atoms with van der Waals surface area (Å²) in [6.07, 6.45) is 1.33. The van der Waals surface area contributed by atoms with Crippen molar-refractivity contribution in [1.29, 1.82) is 0 Å². The normalized spacial score (nSPS) is 10.1. The quantitative estimate of drug-likeness (QED) is 0.909. The van der Waals surface area contributed by atoms with E-state index in [9.17, 15) is 9.18 Å². The number of methoxy groups -OCH3 is 1. The van der Waals surface area contributed by atoms with Gasteiger partial charge < -0.3 is 14.6 Å². The Balaban J connectivity index is 2.19. The van der Waals surface area contributed by atoms with Gasteiger partial charge in [0, 0.05) is 12.3 Å². The Morgan fingerprint density at radius 1 is 1.30 bits per heavy atom. The molecule has 0 saturated carbocycles. The first-order valence-electron chi connectivity index (χ1n) is 5.75. The molecule has 0 fully saturated rings. The number of aromatic carboxylic acids is 1. The van der Waals surface area contributed by atoms with Crippen LogP contribution >= 0.6 is 0 Å². The van der Waals surface area contributed by atoms with Crippen molar-refractivity contribution in [3.63, 3.8) is 0 Å². The van der Waals surface area contributed by atoms with Crippen LogP contribution in [0.25, 0.3) is 0 Å². The second-order valence-corrected chi connectivity index (χ2v) is 3.91. The van der Waals surface area contributed by atoms with Crippen LogP contribution in [0.2, 0.25) is 0 Å². The van der Waals surface area contributed by atoms with Crippen LogP contribution in [0.15, 0.2) is 36.5 Å². The molecule has 2 rings (SSSR count). The van der Waals surface area contributed by atoms with Gasteiger partial charge in [-0.15, -0.1) is 0 Å². The van der Waals surface area contributed by atoms with Gasteiger partial charge >= 0.3 is 5.97 Å². The monoisotopic (exact) mass is 277 g/mol. The maximum atomic E-state index is 12.8. The second-order valence-electron chi connectivity index (χ2n) is 3.91. The van der Waals surface area contributed by atoms with Gasteiger partial charge in [0.15, 0.2) is 17.2 Å². The van der Waals surface area contributed by atoms with E-state index < -0.39 is 5.97 Å². The van der Waals surface area contributed by atoms with Gasteiger partial charge in [0.1, 0.15) is 12.4 Å². The van der Waals surface area contributed by atoms with E-state index in [-0.39, 0.29) is 29.6 Å². The third-order valence-electron chi connectivity index (χ3n) is 2.58. The Morgan fingerprint density at radius 3 is 2.60 bits per heavy atom. The lowest BCUT2D eigenvalue weighted by Crippen LogP contribution is -2.06. The van der Waals surface area contributed by atoms with Gasteiger partial charge in [0.2, 0.25) is 0 Å². The highest BCUT2D eigenvalue weighted by atomic mass is 19.1. The molecule has 1 heterocycles. The summed E-state index contributed by atoms with van der Waals surface area (Å²) >= 11 is 0. The summed E-state index contributed by atoms with van der Waals surface area (Å²) in [7, 11) is 1.34. The first kappa shape index (κ1) is 13.8. The Bertz CT molecular complexity index is 613. The molecule has 5 nitrogen and oxygen atoms in total. The van der Waals surface area contributed by atoms with Crippen molar-refractivity contribution in [2.45, 2.75) is 6.61 Å². The second kappa shape index (κ2) is 6.01. The molecule has 104 valence electrons. The van der Waals surface area contributed by atoms with Gasteiger partial charge in [-0.25, -0.2) is 14.2 Å². The van der Waals surface area contributed by atoms with Crippen molar-refractivity contribution < 1.29 is 23.8 Å². The number of aromatic nitrogens is 1. The molecule has 0 spiro atoms. The summed E-state index contributed by atoms with van der Waals surface area (Å²) < 4.78 is 23.3. The van der Waals surface area contributed by atoms with E-state index in [0.717, 1.165) is 5.56 Å². The fraction of sp³-hybridized carbons (Fsp3) is 0.143. The molecule has 0 radical (unpaired) electrons. The maximum absolute atomic E-state index is 12.8. The largest absolute Gasteiger partial charge is 0.491 e. The molecule has 0 atom stereocenters. The number of rotatable bonds is 5. The molecule has 1 aromatic heterocycles. The number of halogens is 1. The van der Waals surface area contributed by atoms with Crippen molar-refractivity contribution in [2.75, 3.05) is 7.11 Å². The standard InChI is InChI=1S/C14H12FNO4/c1-19-13-11(6-7-16-12(13)14(17)18)20-8-9-2-4-10(15)5-3-9/h2-7H,8H2,1H3,(H,17,18). The third-order valence-corrected chi connectivity index (χ3v) is 2.58. The summed E-state index contributed by atoms with van der Waals surface area (Å²) in [6.45, 7) is 0.166. The topological polar surface area (TPSA) is 68.7 Å². The minimum absolute atomic E-state index is 0.0575. The molecular formula is C14H12FNO4. The molecule has 1 aromatic carbocycles. The lowest BCUT2D eigenvalue weighted by molar-refractivity contribution is 0.0685. The van der Waals surface area contributed by atoms with Gasteiger partial charge in [0.05, 0.1) is 7.11 Å². The summed E-state index contributed by atoms with van der Waals surface area (Å²) in [4.78, 5) is 14.7. The van der Waals surface area contributed by atoms with Gasteiger partial charge in [-0.1, -0.05) is 12.1 Å². The molecule has 0 aliphatic heterocycles. The van der Waals surface area contributed by atoms with Gasteiger partial charge in [0.25, 0.3) is 0 Å². The number of nitrogens with zero attached hydrogens (tertiary/aromatic N) is 1. The zero-order chi connectivity index (χ0) is 14.5. The molecule has 0 aliphatic carbocycles. The number of hydrogen-bond donors (Lipinski definition) is 1. The highest BCUT2D eigenvalue weighted by molar-refractivity contribution is 5.89. The molecule has 0 bridgehead atoms. The number of carboxylic acids is 1. The number of ether oxygens (including phenoxy) is 2. The average molecular weight is 277 g/mol. The smallest absolute Gasteiger partial charge is 0.358 e. The van der Waals surface area contributed by atoms with Crippen molar-refractivity contribution in [3.8, 4) is 11.5 Å². The number of hydrogen-bond acceptors (Lipinski definition) is 4. The van der Waals surface area contributed by atoms with E-state index >= 15 is 0 Å². The lowest BCUT2D eigenvalue weighted by atomic mass is 10.2. The number of carbonyl (C=O) groups is 1. The summed E-state index contributed by atoms with van der Waals surface area (Å²) in [5.41, 5.74) is 0.534. The molecule has 0 saturated heterocycles. The van der Waals surface area contributed by atoms with Crippen LogP contribution in [0.4, 0.5) is 4.39 Å². The molecule has 1 N–H and O–H groups in total. The van der Waals surface area contributed by atoms with E-state index in [1.807, 2.05) is 0 Å². The average Bonchev–Trinajstić information content (AvgIpc) is 2.46. The SMILES string of the molecule is COc1c(OCc2ccc(F)cc2)ccnc1C(=O)O. The Hall–Kier alpha value is -2.63. The Kier molecular flexibility index (Phi) is 4.14. The number of carboxylic acid groups (broad SMARTS) is 1. The molecule has 20 heavy (non-hydrogen) atoms. The zero-order valence-electron chi connectivity index (χ0n) is 10.7. The molecular weight excluding hydrogens is 265 g/mol. The van der Waals surface area contributed by atoms with Gasteiger partial charge in [-0.3, -0.25) is 0 Å². The lowest BCUT2D eigenvalue weighted by Gasteiger charge is -2.11. The van der Waals surface area contributed by atoms with Crippen LogP contribution in [0.1, 0.15) is 16.1 Å². The van der Waals surface area contributed by atoms with Crippen LogP contribution in [0, 0.1) is 5.82 Å². The summed E-state index contributed by atoms with van der Waals surface area (Å²) in [5.74, 6) is -1.20. The predicted octanol–water partition coefficient (Wildman–Crippen LogP) is 2.51. The third kappa shape index (κ3) is 3.03. The molecule has 0 amide bonds. The molecule has 2 aromatic rings. The predicted molar refractivity (Wildman–Crippen MR) is 68.5 cm³/mol. The van der Waals surface area contributed by atoms with E-state index in [4.69, 9.17) is 14.6 Å². The van der Waals surface area contributed by atoms with E-state index in [0.29, 0.717) is 0 Å². The zero-order valence-corrected chi connectivity index (χ0v) is 10.7. The van der Waals surface area contributed by atoms with Crippen LogP contribution in [0.5, 0.6) is 11.5 Å². The van der Waals surface area contributed by atoms with Crippen LogP contribution in [-0.4, -0.2) is 23.2 Å².